The van der Waals surface area contributed by atoms with Crippen molar-refractivity contribution in [1.29, 1.82) is 5.26 Å². The van der Waals surface area contributed by atoms with Crippen molar-refractivity contribution in [3.63, 3.8) is 0 Å². The van der Waals surface area contributed by atoms with E-state index in [2.05, 4.69) is 18.3 Å². The van der Waals surface area contributed by atoms with Crippen LogP contribution < -0.4 is 5.32 Å². The van der Waals surface area contributed by atoms with Gasteiger partial charge in [0.25, 0.3) is 5.91 Å². The SMILES string of the molecule is CCCCn1c(NC(=O)c2ccc(C)cc2)c(C#N)c2nc3cc(C)c(C)cc3nc21. The van der Waals surface area contributed by atoms with Crippen molar-refractivity contribution in [2.45, 2.75) is 47.1 Å². The first-order valence-corrected chi connectivity index (χ1v) is 10.5. The zero-order valence-corrected chi connectivity index (χ0v) is 18.3. The van der Waals surface area contributed by atoms with Gasteiger partial charge >= 0.3 is 0 Å². The van der Waals surface area contributed by atoms with Gasteiger partial charge in [-0.05, 0) is 62.6 Å². The molecule has 0 bridgehead atoms. The van der Waals surface area contributed by atoms with Crippen molar-refractivity contribution < 1.29 is 4.79 Å². The van der Waals surface area contributed by atoms with Gasteiger partial charge in [-0.15, -0.1) is 0 Å². The van der Waals surface area contributed by atoms with Crippen LogP contribution in [-0.4, -0.2) is 20.4 Å². The molecule has 2 heterocycles. The van der Waals surface area contributed by atoms with Gasteiger partial charge in [0.2, 0.25) is 0 Å². The Bertz CT molecular complexity index is 1340. The van der Waals surface area contributed by atoms with Gasteiger partial charge in [0.15, 0.2) is 5.65 Å². The maximum Gasteiger partial charge on any atom is 0.256 e. The quantitative estimate of drug-likeness (QED) is 0.474. The van der Waals surface area contributed by atoms with Gasteiger partial charge in [-0.3, -0.25) is 4.79 Å². The number of carbonyl (C=O) groups excluding carboxylic acids is 1. The van der Waals surface area contributed by atoms with E-state index in [1.807, 2.05) is 49.6 Å². The number of aryl methyl sites for hydroxylation is 4. The number of rotatable bonds is 5. The van der Waals surface area contributed by atoms with E-state index in [0.29, 0.717) is 34.7 Å². The minimum Gasteiger partial charge on any atom is -0.309 e. The second-order valence-corrected chi connectivity index (χ2v) is 7.98. The summed E-state index contributed by atoms with van der Waals surface area (Å²) in [5.74, 6) is 0.202. The van der Waals surface area contributed by atoms with Crippen molar-refractivity contribution >= 4 is 33.9 Å². The van der Waals surface area contributed by atoms with E-state index in [1.54, 1.807) is 12.1 Å². The first-order chi connectivity index (χ1) is 14.9. The highest BCUT2D eigenvalue weighted by molar-refractivity contribution is 6.06. The number of unbranched alkanes of at least 4 members (excludes halogenated alkanes) is 1. The van der Waals surface area contributed by atoms with E-state index >= 15 is 0 Å². The molecular formula is C25H25N5O. The summed E-state index contributed by atoms with van der Waals surface area (Å²) in [6.45, 7) is 8.80. The van der Waals surface area contributed by atoms with Gasteiger partial charge in [0.1, 0.15) is 23.0 Å². The minimum atomic E-state index is -0.256. The number of hydrogen-bond donors (Lipinski definition) is 1. The summed E-state index contributed by atoms with van der Waals surface area (Å²) in [6, 6.07) is 13.6. The molecule has 6 heteroatoms. The first-order valence-electron chi connectivity index (χ1n) is 10.5. The third kappa shape index (κ3) is 3.75. The number of carbonyl (C=O) groups is 1. The van der Waals surface area contributed by atoms with Crippen LogP contribution in [0, 0.1) is 32.1 Å². The molecule has 2 aromatic heterocycles. The average Bonchev–Trinajstić information content (AvgIpc) is 3.03. The molecule has 0 aliphatic carbocycles. The lowest BCUT2D eigenvalue weighted by molar-refractivity contribution is 0.102. The van der Waals surface area contributed by atoms with E-state index in [0.717, 1.165) is 40.6 Å². The van der Waals surface area contributed by atoms with Crippen molar-refractivity contribution in [2.75, 3.05) is 5.32 Å². The fourth-order valence-electron chi connectivity index (χ4n) is 3.67. The highest BCUT2D eigenvalue weighted by atomic mass is 16.1. The molecule has 31 heavy (non-hydrogen) atoms. The van der Waals surface area contributed by atoms with Gasteiger partial charge < -0.3 is 9.88 Å². The molecule has 0 aliphatic heterocycles. The van der Waals surface area contributed by atoms with E-state index in [4.69, 9.17) is 9.97 Å². The second-order valence-electron chi connectivity index (χ2n) is 7.98. The Kier molecular flexibility index (Phi) is 5.43. The normalized spacial score (nSPS) is 11.1. The predicted octanol–water partition coefficient (Wildman–Crippen LogP) is 5.43. The lowest BCUT2D eigenvalue weighted by atomic mass is 10.1. The topological polar surface area (TPSA) is 83.6 Å². The third-order valence-electron chi connectivity index (χ3n) is 5.65. The molecule has 4 rings (SSSR count). The van der Waals surface area contributed by atoms with Crippen LogP contribution in [0.5, 0.6) is 0 Å². The lowest BCUT2D eigenvalue weighted by Gasteiger charge is -2.11. The summed E-state index contributed by atoms with van der Waals surface area (Å²) in [5, 5.41) is 12.9. The van der Waals surface area contributed by atoms with Crippen LogP contribution in [0.3, 0.4) is 0 Å². The molecule has 0 spiro atoms. The Labute approximate surface area is 181 Å². The fourth-order valence-corrected chi connectivity index (χ4v) is 3.67. The summed E-state index contributed by atoms with van der Waals surface area (Å²) >= 11 is 0. The summed E-state index contributed by atoms with van der Waals surface area (Å²) in [6.07, 6.45) is 1.88. The molecule has 6 nitrogen and oxygen atoms in total. The molecule has 0 saturated heterocycles. The zero-order valence-electron chi connectivity index (χ0n) is 18.3. The molecule has 2 aromatic carbocycles. The highest BCUT2D eigenvalue weighted by Crippen LogP contribution is 2.31. The standard InChI is InChI=1S/C25H25N5O/c1-5-6-11-30-23(29-25(31)18-9-7-15(2)8-10-18)19(14-26)22-24(30)28-21-13-17(4)16(3)12-20(21)27-22/h7-10,12-13H,5-6,11H2,1-4H3,(H,29,31). The number of benzene rings is 2. The number of fused-ring (bicyclic) bond motifs is 2. The van der Waals surface area contributed by atoms with Crippen molar-refractivity contribution in [3.8, 4) is 6.07 Å². The molecule has 0 fully saturated rings. The fraction of sp³-hybridized carbons (Fsp3) is 0.280. The molecule has 0 radical (unpaired) electrons. The lowest BCUT2D eigenvalue weighted by Crippen LogP contribution is -2.16. The van der Waals surface area contributed by atoms with Gasteiger partial charge in [0, 0.05) is 12.1 Å². The van der Waals surface area contributed by atoms with Crippen LogP contribution in [0.15, 0.2) is 36.4 Å². The largest absolute Gasteiger partial charge is 0.309 e. The van der Waals surface area contributed by atoms with Crippen LogP contribution in [-0.2, 0) is 6.54 Å². The van der Waals surface area contributed by atoms with Gasteiger partial charge in [-0.1, -0.05) is 31.0 Å². The van der Waals surface area contributed by atoms with E-state index in [-0.39, 0.29) is 5.91 Å². The smallest absolute Gasteiger partial charge is 0.256 e. The van der Waals surface area contributed by atoms with Crippen LogP contribution in [0.4, 0.5) is 5.82 Å². The zero-order chi connectivity index (χ0) is 22.1. The van der Waals surface area contributed by atoms with Crippen molar-refractivity contribution in [2.24, 2.45) is 0 Å². The molecule has 0 saturated carbocycles. The number of amides is 1. The Balaban J connectivity index is 1.91. The van der Waals surface area contributed by atoms with Crippen molar-refractivity contribution in [1.82, 2.24) is 14.5 Å². The Morgan fingerprint density at radius 1 is 1.06 bits per heavy atom. The molecular weight excluding hydrogens is 386 g/mol. The summed E-state index contributed by atoms with van der Waals surface area (Å²) in [5.41, 5.74) is 6.91. The van der Waals surface area contributed by atoms with E-state index in [1.165, 1.54) is 0 Å². The minimum absolute atomic E-state index is 0.256. The molecule has 156 valence electrons. The summed E-state index contributed by atoms with van der Waals surface area (Å²) in [4.78, 5) is 22.6. The number of anilines is 1. The second kappa shape index (κ2) is 8.19. The maximum atomic E-state index is 12.9. The Hall–Kier alpha value is -3.72. The van der Waals surface area contributed by atoms with Crippen LogP contribution >= 0.6 is 0 Å². The van der Waals surface area contributed by atoms with Crippen molar-refractivity contribution in [3.05, 3.63) is 64.2 Å². The molecule has 1 N–H and O–H groups in total. The Morgan fingerprint density at radius 2 is 1.71 bits per heavy atom. The molecule has 1 amide bonds. The number of nitrogens with zero attached hydrogens (tertiary/aromatic N) is 4. The van der Waals surface area contributed by atoms with Crippen LogP contribution in [0.25, 0.3) is 22.2 Å². The molecule has 0 aliphatic rings. The molecule has 4 aromatic rings. The summed E-state index contributed by atoms with van der Waals surface area (Å²) < 4.78 is 1.92. The van der Waals surface area contributed by atoms with Gasteiger partial charge in [0.05, 0.1) is 11.0 Å². The third-order valence-corrected chi connectivity index (χ3v) is 5.65. The Morgan fingerprint density at radius 3 is 2.32 bits per heavy atom. The number of nitrogens with one attached hydrogen (secondary N) is 1. The molecule has 0 unspecified atom stereocenters. The molecule has 0 atom stereocenters. The van der Waals surface area contributed by atoms with Crippen LogP contribution in [0.1, 0.15) is 52.4 Å². The average molecular weight is 412 g/mol. The van der Waals surface area contributed by atoms with Gasteiger partial charge in [-0.25, -0.2) is 9.97 Å². The van der Waals surface area contributed by atoms with Gasteiger partial charge in [-0.2, -0.15) is 5.26 Å². The number of hydrogen-bond acceptors (Lipinski definition) is 4. The summed E-state index contributed by atoms with van der Waals surface area (Å²) in [7, 11) is 0. The predicted molar refractivity (Wildman–Crippen MR) is 123 cm³/mol. The first kappa shape index (κ1) is 20.5. The highest BCUT2D eigenvalue weighted by Gasteiger charge is 2.22. The van der Waals surface area contributed by atoms with E-state index < -0.39 is 0 Å². The maximum absolute atomic E-state index is 12.9. The number of nitriles is 1. The van der Waals surface area contributed by atoms with Crippen LogP contribution in [0.2, 0.25) is 0 Å². The monoisotopic (exact) mass is 411 g/mol. The van der Waals surface area contributed by atoms with E-state index in [9.17, 15) is 10.1 Å². The number of aromatic nitrogens is 3.